The molecule has 5 rings (SSSR count). The molecule has 1 atom stereocenters. The maximum atomic E-state index is 13.8. The number of carbonyl (C=O) groups is 1. The summed E-state index contributed by atoms with van der Waals surface area (Å²) in [6, 6.07) is 13.3. The molecular weight excluding hydrogens is 459 g/mol. The van der Waals surface area contributed by atoms with Gasteiger partial charge in [-0.15, -0.1) is 11.3 Å². The lowest BCUT2D eigenvalue weighted by molar-refractivity contribution is 0.0938. The Morgan fingerprint density at radius 1 is 1.14 bits per heavy atom. The van der Waals surface area contributed by atoms with Crippen LogP contribution in [-0.2, 0) is 6.42 Å². The van der Waals surface area contributed by atoms with E-state index in [9.17, 15) is 9.18 Å². The first-order valence-corrected chi connectivity index (χ1v) is 13.4. The third kappa shape index (κ3) is 5.36. The second-order valence-electron chi connectivity index (χ2n) is 9.64. The van der Waals surface area contributed by atoms with E-state index in [4.69, 9.17) is 0 Å². The summed E-state index contributed by atoms with van der Waals surface area (Å²) in [5.41, 5.74) is 3.18. The molecule has 0 bridgehead atoms. The summed E-state index contributed by atoms with van der Waals surface area (Å²) in [6.07, 6.45) is 5.60. The number of rotatable bonds is 8. The van der Waals surface area contributed by atoms with Gasteiger partial charge in [0.2, 0.25) is 0 Å². The first-order chi connectivity index (χ1) is 17.0. The van der Waals surface area contributed by atoms with Crippen LogP contribution in [0.5, 0.6) is 0 Å². The summed E-state index contributed by atoms with van der Waals surface area (Å²) >= 11 is 1.56. The van der Waals surface area contributed by atoms with Gasteiger partial charge in [0.1, 0.15) is 5.82 Å². The second-order valence-corrected chi connectivity index (χ2v) is 10.7. The van der Waals surface area contributed by atoms with E-state index in [-0.39, 0.29) is 17.8 Å². The summed E-state index contributed by atoms with van der Waals surface area (Å²) in [5.74, 6) is -0.270. The number of hydrogen-bond acceptors (Lipinski definition) is 4. The summed E-state index contributed by atoms with van der Waals surface area (Å²) < 4.78 is 15.0. The molecule has 1 fully saturated rings. The van der Waals surface area contributed by atoms with Crippen LogP contribution >= 0.6 is 11.3 Å². The molecule has 3 heterocycles. The van der Waals surface area contributed by atoms with Crippen molar-refractivity contribution in [2.75, 3.05) is 38.1 Å². The summed E-state index contributed by atoms with van der Waals surface area (Å²) in [7, 11) is 2.16. The molecule has 2 N–H and O–H groups in total. The molecular formula is C28H33FN4OS. The number of carbonyl (C=O) groups excluding carboxylic acids is 1. The molecule has 0 saturated carbocycles. The highest BCUT2D eigenvalue weighted by molar-refractivity contribution is 7.20. The van der Waals surface area contributed by atoms with Crippen molar-refractivity contribution in [2.24, 2.45) is 0 Å². The third-order valence-corrected chi connectivity index (χ3v) is 8.13. The van der Waals surface area contributed by atoms with Crippen LogP contribution in [0.25, 0.3) is 21.0 Å². The monoisotopic (exact) mass is 492 g/mol. The highest BCUT2D eigenvalue weighted by Crippen LogP contribution is 2.30. The van der Waals surface area contributed by atoms with Crippen molar-refractivity contribution >= 4 is 43.9 Å². The molecule has 1 aliphatic rings. The van der Waals surface area contributed by atoms with E-state index >= 15 is 0 Å². The van der Waals surface area contributed by atoms with Gasteiger partial charge in [-0.3, -0.25) is 4.79 Å². The molecule has 1 amide bonds. The third-order valence-electron chi connectivity index (χ3n) is 7.03. The minimum absolute atomic E-state index is 0.00386. The molecule has 35 heavy (non-hydrogen) atoms. The standard InChI is InChI=1S/C28H33FN4OS/c1-3-4-5-22(14-20-18-30-25-9-7-21(29)16-24(20)25)31-28(34)27-15-19-6-8-23(17-26(19)35-27)33-12-10-32(2)11-13-33/h6-9,15-18,22,30H,3-5,10-14H2,1-2H3,(H,31,34). The van der Waals surface area contributed by atoms with Crippen LogP contribution in [0, 0.1) is 5.82 Å². The Kier molecular flexibility index (Phi) is 7.07. The molecule has 0 spiro atoms. The van der Waals surface area contributed by atoms with Crippen molar-refractivity contribution in [1.82, 2.24) is 15.2 Å². The molecule has 1 saturated heterocycles. The van der Waals surface area contributed by atoms with Gasteiger partial charge >= 0.3 is 0 Å². The first kappa shape index (κ1) is 23.8. The summed E-state index contributed by atoms with van der Waals surface area (Å²) in [5, 5.41) is 5.27. The number of likely N-dealkylation sites (N-methyl/N-ethyl adjacent to an activating group) is 1. The van der Waals surface area contributed by atoms with Crippen molar-refractivity contribution < 1.29 is 9.18 Å². The quantitative estimate of drug-likeness (QED) is 0.327. The lowest BCUT2D eigenvalue weighted by Crippen LogP contribution is -2.44. The molecule has 184 valence electrons. The zero-order valence-electron chi connectivity index (χ0n) is 20.4. The van der Waals surface area contributed by atoms with Gasteiger partial charge in [0.15, 0.2) is 0 Å². The topological polar surface area (TPSA) is 51.4 Å². The van der Waals surface area contributed by atoms with Gasteiger partial charge in [-0.1, -0.05) is 25.8 Å². The molecule has 2 aromatic heterocycles. The number of halogens is 1. The number of benzene rings is 2. The van der Waals surface area contributed by atoms with Crippen LogP contribution in [-0.4, -0.2) is 55.1 Å². The molecule has 1 unspecified atom stereocenters. The van der Waals surface area contributed by atoms with Crippen molar-refractivity contribution in [3.8, 4) is 0 Å². The highest BCUT2D eigenvalue weighted by atomic mass is 32.1. The van der Waals surface area contributed by atoms with E-state index in [1.54, 1.807) is 23.5 Å². The number of H-pyrrole nitrogens is 1. The van der Waals surface area contributed by atoms with E-state index in [0.29, 0.717) is 6.42 Å². The van der Waals surface area contributed by atoms with Crippen LogP contribution in [0.2, 0.25) is 0 Å². The maximum Gasteiger partial charge on any atom is 0.261 e. The lowest BCUT2D eigenvalue weighted by Gasteiger charge is -2.34. The van der Waals surface area contributed by atoms with Crippen molar-refractivity contribution in [2.45, 2.75) is 38.6 Å². The number of aromatic amines is 1. The number of nitrogens with one attached hydrogen (secondary N) is 2. The second kappa shape index (κ2) is 10.4. The van der Waals surface area contributed by atoms with Gasteiger partial charge < -0.3 is 20.1 Å². The SMILES string of the molecule is CCCCC(Cc1c[nH]c2ccc(F)cc12)NC(=O)c1cc2ccc(N3CCN(C)CC3)cc2s1. The lowest BCUT2D eigenvalue weighted by atomic mass is 10.00. The minimum Gasteiger partial charge on any atom is -0.369 e. The zero-order valence-corrected chi connectivity index (χ0v) is 21.3. The Morgan fingerprint density at radius 3 is 2.77 bits per heavy atom. The molecule has 7 heteroatoms. The normalized spacial score (nSPS) is 15.7. The van der Waals surface area contributed by atoms with E-state index in [2.05, 4.69) is 52.3 Å². The van der Waals surface area contributed by atoms with Gasteiger partial charge in [-0.05, 0) is 67.2 Å². The van der Waals surface area contributed by atoms with E-state index in [1.165, 1.54) is 11.8 Å². The van der Waals surface area contributed by atoms with Gasteiger partial charge in [0, 0.05) is 59.7 Å². The number of thiophene rings is 1. The highest BCUT2D eigenvalue weighted by Gasteiger charge is 2.19. The number of aromatic nitrogens is 1. The zero-order chi connectivity index (χ0) is 24.4. The number of unbranched alkanes of at least 4 members (excludes halogenated alkanes) is 1. The van der Waals surface area contributed by atoms with Crippen molar-refractivity contribution in [1.29, 1.82) is 0 Å². The largest absolute Gasteiger partial charge is 0.369 e. The molecule has 0 radical (unpaired) electrons. The summed E-state index contributed by atoms with van der Waals surface area (Å²) in [6.45, 7) is 6.34. The predicted molar refractivity (Wildman–Crippen MR) is 144 cm³/mol. The van der Waals surface area contributed by atoms with Gasteiger partial charge in [-0.25, -0.2) is 4.39 Å². The van der Waals surface area contributed by atoms with E-state index < -0.39 is 0 Å². The van der Waals surface area contributed by atoms with Crippen molar-refractivity contribution in [3.63, 3.8) is 0 Å². The Labute approximate surface area is 209 Å². The number of amides is 1. The molecule has 4 aromatic rings. The van der Waals surface area contributed by atoms with Gasteiger partial charge in [0.05, 0.1) is 4.88 Å². The number of piperazine rings is 1. The Morgan fingerprint density at radius 2 is 1.97 bits per heavy atom. The Balaban J connectivity index is 1.32. The van der Waals surface area contributed by atoms with Crippen molar-refractivity contribution in [3.05, 3.63) is 64.9 Å². The maximum absolute atomic E-state index is 13.8. The predicted octanol–water partition coefficient (Wildman–Crippen LogP) is 5.80. The van der Waals surface area contributed by atoms with Crippen LogP contribution in [0.4, 0.5) is 10.1 Å². The minimum atomic E-state index is -0.242. The fourth-order valence-corrected chi connectivity index (χ4v) is 5.91. The number of anilines is 1. The fourth-order valence-electron chi connectivity index (χ4n) is 4.91. The van der Waals surface area contributed by atoms with Crippen LogP contribution in [0.15, 0.2) is 48.7 Å². The number of hydrogen-bond donors (Lipinski definition) is 2. The molecule has 0 aliphatic carbocycles. The molecule has 2 aromatic carbocycles. The van der Waals surface area contributed by atoms with E-state index in [0.717, 1.165) is 76.9 Å². The average Bonchev–Trinajstić information content (AvgIpc) is 3.46. The average molecular weight is 493 g/mol. The Bertz CT molecular complexity index is 1320. The van der Waals surface area contributed by atoms with Crippen LogP contribution in [0.3, 0.4) is 0 Å². The first-order valence-electron chi connectivity index (χ1n) is 12.5. The molecule has 1 aliphatic heterocycles. The number of fused-ring (bicyclic) bond motifs is 2. The molecule has 5 nitrogen and oxygen atoms in total. The Hall–Kier alpha value is -2.90. The summed E-state index contributed by atoms with van der Waals surface area (Å²) in [4.78, 5) is 22.0. The van der Waals surface area contributed by atoms with Gasteiger partial charge in [-0.2, -0.15) is 0 Å². The smallest absolute Gasteiger partial charge is 0.261 e. The fraction of sp³-hybridized carbons (Fsp3) is 0.393. The van der Waals surface area contributed by atoms with Crippen LogP contribution < -0.4 is 10.2 Å². The van der Waals surface area contributed by atoms with E-state index in [1.807, 2.05) is 12.3 Å². The number of nitrogens with zero attached hydrogens (tertiary/aromatic N) is 2. The van der Waals surface area contributed by atoms with Crippen LogP contribution in [0.1, 0.15) is 41.4 Å². The van der Waals surface area contributed by atoms with Gasteiger partial charge in [0.25, 0.3) is 5.91 Å².